The fourth-order valence-electron chi connectivity index (χ4n) is 2.96. The first kappa shape index (κ1) is 20.7. The Bertz CT molecular complexity index is 747. The average Bonchev–Trinajstić information content (AvgIpc) is 2.39. The molecule has 1 radical (unpaired) electrons. The van der Waals surface area contributed by atoms with Crippen molar-refractivity contribution < 1.29 is 27.5 Å². The van der Waals surface area contributed by atoms with Crippen LogP contribution in [0.2, 0.25) is 0 Å². The Morgan fingerprint density at radius 3 is 1.88 bits per heavy atom. The smallest absolute Gasteiger partial charge is 0.144 e. The molecule has 3 heteroatoms. The topological polar surface area (TPSA) is 32.6 Å². The van der Waals surface area contributed by atoms with Crippen LogP contribution in [0, 0.1) is 27.7 Å². The fraction of sp³-hybridized carbons (Fsp3) is 0.381. The Labute approximate surface area is 161 Å². The number of phenolic OH excluding ortho intramolecular Hbond substituents is 1. The summed E-state index contributed by atoms with van der Waals surface area (Å²) < 4.78 is 0. The van der Waals surface area contributed by atoms with E-state index in [1.54, 1.807) is 0 Å². The number of phenols is 1. The van der Waals surface area contributed by atoms with E-state index >= 15 is 0 Å². The zero-order valence-electron chi connectivity index (χ0n) is 15.6. The van der Waals surface area contributed by atoms with E-state index in [4.69, 9.17) is 0 Å². The molecule has 2 aromatic carbocycles. The van der Waals surface area contributed by atoms with Gasteiger partial charge >= 0.3 is 0 Å². The number of rotatable bonds is 2. The first-order chi connectivity index (χ1) is 10.6. The van der Waals surface area contributed by atoms with Crippen molar-refractivity contribution in [2.24, 2.45) is 4.99 Å². The third-order valence-corrected chi connectivity index (χ3v) is 4.11. The van der Waals surface area contributed by atoms with E-state index in [-0.39, 0.29) is 33.5 Å². The number of aromatic hydroxyl groups is 1. The second-order valence-electron chi connectivity index (χ2n) is 7.50. The molecule has 0 fully saturated rings. The Morgan fingerprint density at radius 1 is 0.875 bits per heavy atom. The summed E-state index contributed by atoms with van der Waals surface area (Å²) in [6.45, 7) is 14.6. The minimum atomic E-state index is -0.115. The second kappa shape index (κ2) is 7.69. The van der Waals surface area contributed by atoms with E-state index in [0.717, 1.165) is 16.7 Å². The van der Waals surface area contributed by atoms with E-state index in [1.807, 2.05) is 25.3 Å². The predicted molar refractivity (Wildman–Crippen MR) is 99.5 cm³/mol. The van der Waals surface area contributed by atoms with Crippen molar-refractivity contribution in [1.29, 1.82) is 0 Å². The molecule has 0 amide bonds. The second-order valence-corrected chi connectivity index (χ2v) is 7.50. The predicted octanol–water partition coefficient (Wildman–Crippen LogP) is 5.67. The van der Waals surface area contributed by atoms with Gasteiger partial charge in [0.15, 0.2) is 0 Å². The summed E-state index contributed by atoms with van der Waals surface area (Å²) >= 11 is 0. The molecule has 0 atom stereocenters. The van der Waals surface area contributed by atoms with Crippen LogP contribution in [0.3, 0.4) is 0 Å². The molecular formula is C21H27AgNO. The van der Waals surface area contributed by atoms with Crippen molar-refractivity contribution in [2.45, 2.75) is 53.9 Å². The number of benzene rings is 2. The van der Waals surface area contributed by atoms with Crippen LogP contribution >= 0.6 is 0 Å². The summed E-state index contributed by atoms with van der Waals surface area (Å²) in [5.74, 6) is 0.279. The minimum absolute atomic E-state index is 0. The van der Waals surface area contributed by atoms with Crippen molar-refractivity contribution >= 4 is 11.9 Å². The summed E-state index contributed by atoms with van der Waals surface area (Å²) in [7, 11) is 0. The Morgan fingerprint density at radius 2 is 1.38 bits per heavy atom. The number of hydrogen-bond donors (Lipinski definition) is 1. The molecule has 0 heterocycles. The van der Waals surface area contributed by atoms with Crippen LogP contribution in [0.5, 0.6) is 5.75 Å². The molecule has 0 bridgehead atoms. The SMILES string of the molecule is Cc1cc(C)c(C=Nc2cc(C)cc(C(C)(C)C)c2O)c(C)c1.[Ag]. The van der Waals surface area contributed by atoms with Gasteiger partial charge in [-0.1, -0.05) is 44.5 Å². The van der Waals surface area contributed by atoms with Crippen molar-refractivity contribution in [3.05, 3.63) is 57.6 Å². The van der Waals surface area contributed by atoms with Crippen LogP contribution in [0.4, 0.5) is 5.69 Å². The van der Waals surface area contributed by atoms with Gasteiger partial charge in [-0.25, -0.2) is 0 Å². The van der Waals surface area contributed by atoms with Crippen LogP contribution in [0.25, 0.3) is 0 Å². The number of nitrogens with zero attached hydrogens (tertiary/aromatic N) is 1. The molecule has 0 saturated carbocycles. The molecule has 0 aromatic heterocycles. The van der Waals surface area contributed by atoms with Crippen LogP contribution in [0.1, 0.15) is 54.2 Å². The molecule has 1 N–H and O–H groups in total. The van der Waals surface area contributed by atoms with E-state index in [1.165, 1.54) is 16.7 Å². The minimum Gasteiger partial charge on any atom is -0.505 e. The zero-order chi connectivity index (χ0) is 17.4. The first-order valence-electron chi connectivity index (χ1n) is 8.05. The summed E-state index contributed by atoms with van der Waals surface area (Å²) in [4.78, 5) is 4.59. The van der Waals surface area contributed by atoms with Crippen molar-refractivity contribution in [3.8, 4) is 5.75 Å². The molecule has 0 saturated heterocycles. The average molecular weight is 417 g/mol. The number of aryl methyl sites for hydroxylation is 4. The van der Waals surface area contributed by atoms with Gasteiger partial charge in [0.2, 0.25) is 0 Å². The van der Waals surface area contributed by atoms with E-state index < -0.39 is 0 Å². The van der Waals surface area contributed by atoms with Crippen LogP contribution in [0.15, 0.2) is 29.3 Å². The van der Waals surface area contributed by atoms with Gasteiger partial charge in [-0.2, -0.15) is 0 Å². The standard InChI is InChI=1S/C21H27NO.Ag/c1-13-8-15(3)17(16(4)9-13)12-22-19-11-14(2)10-18(20(19)23)21(5,6)7;/h8-12,23H,1-7H3;. The maximum atomic E-state index is 10.6. The van der Waals surface area contributed by atoms with Crippen molar-refractivity contribution in [2.75, 3.05) is 0 Å². The zero-order valence-corrected chi connectivity index (χ0v) is 17.1. The molecular weight excluding hydrogens is 390 g/mol. The van der Waals surface area contributed by atoms with Crippen molar-refractivity contribution in [1.82, 2.24) is 0 Å². The van der Waals surface area contributed by atoms with E-state index in [9.17, 15) is 5.11 Å². The van der Waals surface area contributed by atoms with Gasteiger partial charge in [0.25, 0.3) is 0 Å². The molecule has 0 spiro atoms. The van der Waals surface area contributed by atoms with Gasteiger partial charge in [-0.15, -0.1) is 0 Å². The maximum absolute atomic E-state index is 10.6. The van der Waals surface area contributed by atoms with Gasteiger partial charge < -0.3 is 5.11 Å². The quantitative estimate of drug-likeness (QED) is 0.496. The summed E-state index contributed by atoms with van der Waals surface area (Å²) in [5.41, 5.74) is 7.34. The summed E-state index contributed by atoms with van der Waals surface area (Å²) in [6, 6.07) is 8.28. The monoisotopic (exact) mass is 416 g/mol. The number of aliphatic imine (C=N–C) groups is 1. The molecule has 2 nitrogen and oxygen atoms in total. The van der Waals surface area contributed by atoms with Crippen LogP contribution in [-0.2, 0) is 27.8 Å². The normalized spacial score (nSPS) is 11.6. The molecule has 2 rings (SSSR count). The molecule has 133 valence electrons. The fourth-order valence-corrected chi connectivity index (χ4v) is 2.96. The summed E-state index contributed by atoms with van der Waals surface area (Å²) in [5, 5.41) is 10.6. The van der Waals surface area contributed by atoms with Gasteiger partial charge in [-0.05, 0) is 61.4 Å². The van der Waals surface area contributed by atoms with Gasteiger partial charge in [-0.3, -0.25) is 4.99 Å². The third-order valence-electron chi connectivity index (χ3n) is 4.11. The van der Waals surface area contributed by atoms with E-state index in [0.29, 0.717) is 5.69 Å². The Kier molecular flexibility index (Phi) is 6.63. The molecule has 24 heavy (non-hydrogen) atoms. The maximum Gasteiger partial charge on any atom is 0.144 e. The van der Waals surface area contributed by atoms with Crippen LogP contribution < -0.4 is 0 Å². The van der Waals surface area contributed by atoms with Gasteiger partial charge in [0.1, 0.15) is 11.4 Å². The van der Waals surface area contributed by atoms with E-state index in [2.05, 4.69) is 58.7 Å². The largest absolute Gasteiger partial charge is 0.505 e. The third kappa shape index (κ3) is 4.60. The van der Waals surface area contributed by atoms with Crippen molar-refractivity contribution in [3.63, 3.8) is 0 Å². The molecule has 0 unspecified atom stereocenters. The first-order valence-corrected chi connectivity index (χ1v) is 8.05. The Balaban J connectivity index is 0.00000288. The summed E-state index contributed by atoms with van der Waals surface area (Å²) in [6.07, 6.45) is 1.87. The van der Waals surface area contributed by atoms with Crippen LogP contribution in [-0.4, -0.2) is 11.3 Å². The van der Waals surface area contributed by atoms with Gasteiger partial charge in [0.05, 0.1) is 0 Å². The molecule has 0 aliphatic heterocycles. The Hall–Kier alpha value is -1.35. The molecule has 0 aliphatic rings. The molecule has 0 aliphatic carbocycles. The molecule has 2 aromatic rings. The van der Waals surface area contributed by atoms with Gasteiger partial charge in [0, 0.05) is 34.2 Å². The number of hydrogen-bond acceptors (Lipinski definition) is 2.